The summed E-state index contributed by atoms with van der Waals surface area (Å²) in [6, 6.07) is 0. The van der Waals surface area contributed by atoms with Crippen molar-refractivity contribution in [3.63, 3.8) is 0 Å². The molecule has 0 aromatic rings. The highest BCUT2D eigenvalue weighted by Crippen LogP contribution is 2.21. The summed E-state index contributed by atoms with van der Waals surface area (Å²) >= 11 is 0. The monoisotopic (exact) mass is 241 g/mol. The van der Waals surface area contributed by atoms with Crippen LogP contribution in [-0.4, -0.2) is 56.4 Å². The van der Waals surface area contributed by atoms with Crippen molar-refractivity contribution in [2.45, 2.75) is 25.9 Å². The van der Waals surface area contributed by atoms with Gasteiger partial charge in [0.1, 0.15) is 0 Å². The number of carbonyl (C=O) groups excluding carboxylic acids is 1. The molecular formula is C12H23N3O2. The van der Waals surface area contributed by atoms with Gasteiger partial charge in [0, 0.05) is 26.2 Å². The first-order valence-corrected chi connectivity index (χ1v) is 6.67. The Morgan fingerprint density at radius 3 is 2.82 bits per heavy atom. The lowest BCUT2D eigenvalue weighted by Gasteiger charge is -2.41. The van der Waals surface area contributed by atoms with E-state index < -0.39 is 0 Å². The maximum Gasteiger partial charge on any atom is 0.311 e. The summed E-state index contributed by atoms with van der Waals surface area (Å²) in [4.78, 5) is 14.3. The zero-order valence-electron chi connectivity index (χ0n) is 10.6. The minimum atomic E-state index is -0.0387. The number of nitrogens with zero attached hydrogens (tertiary/aromatic N) is 1. The maximum absolute atomic E-state index is 11.9. The van der Waals surface area contributed by atoms with Crippen LogP contribution in [-0.2, 0) is 9.53 Å². The number of hydrogen-bond acceptors (Lipinski definition) is 5. The fraction of sp³-hybridized carbons (Fsp3) is 0.917. The number of hydrogen-bond donors (Lipinski definition) is 2. The molecule has 2 aliphatic heterocycles. The van der Waals surface area contributed by atoms with Crippen LogP contribution in [0.15, 0.2) is 0 Å². The van der Waals surface area contributed by atoms with Crippen molar-refractivity contribution in [2.75, 3.05) is 39.3 Å². The summed E-state index contributed by atoms with van der Waals surface area (Å²) in [5.41, 5.74) is 0. The van der Waals surface area contributed by atoms with Crippen molar-refractivity contribution in [1.29, 1.82) is 0 Å². The van der Waals surface area contributed by atoms with Crippen molar-refractivity contribution < 1.29 is 9.53 Å². The minimum Gasteiger partial charge on any atom is -0.466 e. The van der Waals surface area contributed by atoms with Gasteiger partial charge in [-0.15, -0.1) is 0 Å². The van der Waals surface area contributed by atoms with Gasteiger partial charge in [0.15, 0.2) is 0 Å². The molecule has 2 unspecified atom stereocenters. The van der Waals surface area contributed by atoms with Gasteiger partial charge in [-0.25, -0.2) is 0 Å². The predicted molar refractivity (Wildman–Crippen MR) is 65.6 cm³/mol. The van der Waals surface area contributed by atoms with Crippen LogP contribution >= 0.6 is 0 Å². The van der Waals surface area contributed by atoms with Crippen molar-refractivity contribution >= 4 is 5.97 Å². The Hall–Kier alpha value is -0.650. The molecule has 2 N–H and O–H groups in total. The molecule has 2 fully saturated rings. The summed E-state index contributed by atoms with van der Waals surface area (Å²) in [6.45, 7) is 7.38. The van der Waals surface area contributed by atoms with Gasteiger partial charge in [0.2, 0.25) is 0 Å². The van der Waals surface area contributed by atoms with Gasteiger partial charge in [0.05, 0.1) is 18.7 Å². The molecule has 2 heterocycles. The van der Waals surface area contributed by atoms with Gasteiger partial charge in [-0.1, -0.05) is 0 Å². The highest BCUT2D eigenvalue weighted by atomic mass is 16.5. The fourth-order valence-corrected chi connectivity index (χ4v) is 2.71. The first-order valence-electron chi connectivity index (χ1n) is 6.67. The molecule has 0 bridgehead atoms. The lowest BCUT2D eigenvalue weighted by Crippen LogP contribution is -2.60. The van der Waals surface area contributed by atoms with Crippen LogP contribution in [0, 0.1) is 5.92 Å². The van der Waals surface area contributed by atoms with Crippen LogP contribution in [0.5, 0.6) is 0 Å². The largest absolute Gasteiger partial charge is 0.466 e. The number of ether oxygens (including phenoxy) is 1. The number of carbonyl (C=O) groups is 1. The molecule has 0 spiro atoms. The second-order valence-electron chi connectivity index (χ2n) is 4.69. The van der Waals surface area contributed by atoms with Gasteiger partial charge in [0.25, 0.3) is 0 Å². The van der Waals surface area contributed by atoms with Gasteiger partial charge in [-0.05, 0) is 26.3 Å². The topological polar surface area (TPSA) is 53.6 Å². The van der Waals surface area contributed by atoms with Crippen molar-refractivity contribution in [2.24, 2.45) is 5.92 Å². The van der Waals surface area contributed by atoms with E-state index in [1.165, 1.54) is 0 Å². The third-order valence-corrected chi connectivity index (χ3v) is 3.56. The van der Waals surface area contributed by atoms with E-state index in [0.29, 0.717) is 6.61 Å². The Morgan fingerprint density at radius 2 is 2.12 bits per heavy atom. The molecule has 0 radical (unpaired) electrons. The Morgan fingerprint density at radius 1 is 1.35 bits per heavy atom. The Bertz CT molecular complexity index is 254. The van der Waals surface area contributed by atoms with Gasteiger partial charge < -0.3 is 15.4 Å². The fourth-order valence-electron chi connectivity index (χ4n) is 2.71. The normalized spacial score (nSPS) is 31.1. The quantitative estimate of drug-likeness (QED) is 0.669. The van der Waals surface area contributed by atoms with E-state index in [1.54, 1.807) is 0 Å². The van der Waals surface area contributed by atoms with E-state index in [4.69, 9.17) is 4.74 Å². The molecule has 0 saturated carbocycles. The standard InChI is InChI=1S/C12H23N3O2/c1-2-17-12(16)10-4-3-5-14-11(10)15-8-6-13-7-9-15/h10-11,13-14H,2-9H2,1H3. The molecule has 98 valence electrons. The summed E-state index contributed by atoms with van der Waals surface area (Å²) in [5.74, 6) is -0.0370. The smallest absolute Gasteiger partial charge is 0.311 e. The van der Waals surface area contributed by atoms with Crippen LogP contribution in [0.3, 0.4) is 0 Å². The molecule has 0 aromatic carbocycles. The second kappa shape index (κ2) is 6.33. The highest BCUT2D eigenvalue weighted by molar-refractivity contribution is 5.73. The summed E-state index contributed by atoms with van der Waals surface area (Å²) in [7, 11) is 0. The molecule has 17 heavy (non-hydrogen) atoms. The van der Waals surface area contributed by atoms with E-state index >= 15 is 0 Å². The van der Waals surface area contributed by atoms with Gasteiger partial charge in [-0.2, -0.15) is 0 Å². The van der Waals surface area contributed by atoms with E-state index in [9.17, 15) is 4.79 Å². The van der Waals surface area contributed by atoms with Crippen LogP contribution in [0.25, 0.3) is 0 Å². The van der Waals surface area contributed by atoms with Crippen LogP contribution in [0.4, 0.5) is 0 Å². The summed E-state index contributed by atoms with van der Waals surface area (Å²) in [6.07, 6.45) is 2.18. The zero-order valence-corrected chi connectivity index (χ0v) is 10.6. The minimum absolute atomic E-state index is 0.00167. The van der Waals surface area contributed by atoms with Crippen molar-refractivity contribution in [1.82, 2.24) is 15.5 Å². The number of piperazine rings is 1. The maximum atomic E-state index is 11.9. The van der Waals surface area contributed by atoms with E-state index in [1.807, 2.05) is 6.92 Å². The second-order valence-corrected chi connectivity index (χ2v) is 4.69. The molecule has 2 atom stereocenters. The molecule has 0 amide bonds. The summed E-state index contributed by atoms with van der Waals surface area (Å²) < 4.78 is 5.18. The zero-order chi connectivity index (χ0) is 12.1. The molecule has 2 saturated heterocycles. The molecule has 2 aliphatic rings. The average molecular weight is 241 g/mol. The van der Waals surface area contributed by atoms with Crippen molar-refractivity contribution in [3.05, 3.63) is 0 Å². The van der Waals surface area contributed by atoms with Crippen LogP contribution in [0.1, 0.15) is 19.8 Å². The molecule has 5 heteroatoms. The highest BCUT2D eigenvalue weighted by Gasteiger charge is 2.35. The summed E-state index contributed by atoms with van der Waals surface area (Å²) in [5, 5.41) is 6.81. The van der Waals surface area contributed by atoms with Crippen LogP contribution < -0.4 is 10.6 Å². The van der Waals surface area contributed by atoms with Crippen molar-refractivity contribution in [3.8, 4) is 0 Å². The Balaban J connectivity index is 1.97. The number of rotatable bonds is 3. The van der Waals surface area contributed by atoms with Crippen LogP contribution in [0.2, 0.25) is 0 Å². The Labute approximate surface area is 103 Å². The molecule has 0 aliphatic carbocycles. The number of nitrogens with one attached hydrogen (secondary N) is 2. The first-order chi connectivity index (χ1) is 8.33. The number of esters is 1. The lowest BCUT2D eigenvalue weighted by atomic mass is 9.94. The molecular weight excluding hydrogens is 218 g/mol. The molecule has 0 aromatic heterocycles. The molecule has 2 rings (SSSR count). The lowest BCUT2D eigenvalue weighted by molar-refractivity contribution is -0.152. The Kier molecular flexibility index (Phi) is 4.76. The first kappa shape index (κ1) is 12.8. The number of piperidine rings is 1. The van der Waals surface area contributed by atoms with Gasteiger partial charge in [-0.3, -0.25) is 9.69 Å². The van der Waals surface area contributed by atoms with E-state index in [2.05, 4.69) is 15.5 Å². The SMILES string of the molecule is CCOC(=O)C1CCCNC1N1CCNCC1. The third kappa shape index (κ3) is 3.18. The van der Waals surface area contributed by atoms with E-state index in [0.717, 1.165) is 45.6 Å². The molecule has 5 nitrogen and oxygen atoms in total. The van der Waals surface area contributed by atoms with E-state index in [-0.39, 0.29) is 18.1 Å². The predicted octanol–water partition coefficient (Wildman–Crippen LogP) is -0.220. The average Bonchev–Trinajstić information content (AvgIpc) is 2.40. The van der Waals surface area contributed by atoms with Gasteiger partial charge >= 0.3 is 5.97 Å². The third-order valence-electron chi connectivity index (χ3n) is 3.56.